The van der Waals surface area contributed by atoms with E-state index in [1.54, 1.807) is 11.3 Å². The van der Waals surface area contributed by atoms with E-state index in [1.165, 1.54) is 16.0 Å². The van der Waals surface area contributed by atoms with Crippen LogP contribution < -0.4 is 0 Å². The summed E-state index contributed by atoms with van der Waals surface area (Å²) in [5.74, 6) is 0.0949. The van der Waals surface area contributed by atoms with Crippen LogP contribution in [-0.4, -0.2) is 41.6 Å². The molecule has 0 radical (unpaired) electrons. The summed E-state index contributed by atoms with van der Waals surface area (Å²) in [5, 5.41) is 0.977. The Morgan fingerprint density at radius 3 is 2.96 bits per heavy atom. The predicted octanol–water partition coefficient (Wildman–Crippen LogP) is 3.89. The summed E-state index contributed by atoms with van der Waals surface area (Å²) in [7, 11) is 0. The van der Waals surface area contributed by atoms with E-state index in [2.05, 4.69) is 11.1 Å². The quantitative estimate of drug-likeness (QED) is 0.708. The zero-order valence-electron chi connectivity index (χ0n) is 12.7. The number of morpholine rings is 1. The van der Waals surface area contributed by atoms with Crippen LogP contribution in [-0.2, 0) is 4.74 Å². The van der Waals surface area contributed by atoms with E-state index < -0.39 is 0 Å². The van der Waals surface area contributed by atoms with Gasteiger partial charge in [0.25, 0.3) is 5.91 Å². The number of amides is 1. The minimum absolute atomic E-state index is 0.0949. The van der Waals surface area contributed by atoms with Gasteiger partial charge in [0.2, 0.25) is 0 Å². The lowest BCUT2D eigenvalue weighted by Gasteiger charge is -2.30. The maximum absolute atomic E-state index is 12.6. The molecule has 1 aliphatic heterocycles. The minimum atomic E-state index is 0.0949. The van der Waals surface area contributed by atoms with Crippen LogP contribution in [0.15, 0.2) is 36.4 Å². The van der Waals surface area contributed by atoms with E-state index in [-0.39, 0.29) is 12.0 Å². The molecule has 4 rings (SSSR count). The molecule has 1 unspecified atom stereocenters. The Bertz CT molecular complexity index is 822. The SMILES string of the molecule is CC1CN(C(=O)c2ccc(-c3nc4ccccc4s3)s2)CCO1. The lowest BCUT2D eigenvalue weighted by Crippen LogP contribution is -2.44. The van der Waals surface area contributed by atoms with E-state index in [9.17, 15) is 4.79 Å². The van der Waals surface area contributed by atoms with Crippen LogP contribution >= 0.6 is 22.7 Å². The molecule has 23 heavy (non-hydrogen) atoms. The number of hydrogen-bond donors (Lipinski definition) is 0. The molecule has 1 atom stereocenters. The highest BCUT2D eigenvalue weighted by atomic mass is 32.1. The van der Waals surface area contributed by atoms with Crippen LogP contribution in [0.3, 0.4) is 0 Å². The fourth-order valence-electron chi connectivity index (χ4n) is 2.70. The van der Waals surface area contributed by atoms with Crippen LogP contribution in [0.4, 0.5) is 0 Å². The van der Waals surface area contributed by atoms with E-state index in [1.807, 2.05) is 42.2 Å². The Morgan fingerprint density at radius 2 is 2.13 bits per heavy atom. The molecule has 1 saturated heterocycles. The number of para-hydroxylation sites is 1. The van der Waals surface area contributed by atoms with Gasteiger partial charge in [-0.25, -0.2) is 4.98 Å². The van der Waals surface area contributed by atoms with Gasteiger partial charge < -0.3 is 9.64 Å². The monoisotopic (exact) mass is 344 g/mol. The Morgan fingerprint density at radius 1 is 1.26 bits per heavy atom. The smallest absolute Gasteiger partial charge is 0.264 e. The zero-order chi connectivity index (χ0) is 15.8. The number of carbonyl (C=O) groups is 1. The summed E-state index contributed by atoms with van der Waals surface area (Å²) in [6.07, 6.45) is 0.108. The summed E-state index contributed by atoms with van der Waals surface area (Å²) in [6.45, 7) is 3.94. The van der Waals surface area contributed by atoms with Gasteiger partial charge in [-0.3, -0.25) is 4.79 Å². The molecular weight excluding hydrogens is 328 g/mol. The van der Waals surface area contributed by atoms with Crippen molar-refractivity contribution in [1.82, 2.24) is 9.88 Å². The van der Waals surface area contributed by atoms with Crippen molar-refractivity contribution >= 4 is 38.8 Å². The van der Waals surface area contributed by atoms with Crippen LogP contribution in [0.2, 0.25) is 0 Å². The first kappa shape index (κ1) is 14.8. The van der Waals surface area contributed by atoms with Crippen LogP contribution in [0.25, 0.3) is 20.1 Å². The topological polar surface area (TPSA) is 42.4 Å². The summed E-state index contributed by atoms with van der Waals surface area (Å²) < 4.78 is 6.68. The molecule has 1 aromatic carbocycles. The van der Waals surface area contributed by atoms with Crippen LogP contribution in [0, 0.1) is 0 Å². The molecule has 0 N–H and O–H groups in total. The number of thiophene rings is 1. The average molecular weight is 344 g/mol. The average Bonchev–Trinajstić information content (AvgIpc) is 3.20. The Balaban J connectivity index is 1.59. The number of hydrogen-bond acceptors (Lipinski definition) is 5. The van der Waals surface area contributed by atoms with Crippen LogP contribution in [0.5, 0.6) is 0 Å². The molecule has 118 valence electrons. The fraction of sp³-hybridized carbons (Fsp3) is 0.294. The summed E-state index contributed by atoms with van der Waals surface area (Å²) >= 11 is 3.19. The van der Waals surface area contributed by atoms with Gasteiger partial charge in [0.15, 0.2) is 0 Å². The Labute approximate surface area is 142 Å². The molecule has 0 aliphatic carbocycles. The molecule has 0 spiro atoms. The second-order valence-corrected chi connectivity index (χ2v) is 7.70. The van der Waals surface area contributed by atoms with Gasteiger partial charge in [-0.1, -0.05) is 12.1 Å². The third kappa shape index (κ3) is 2.89. The highest BCUT2D eigenvalue weighted by Crippen LogP contribution is 2.34. The number of benzene rings is 1. The Hall–Kier alpha value is -1.76. The second kappa shape index (κ2) is 6.03. The van der Waals surface area contributed by atoms with Crippen molar-refractivity contribution in [3.05, 3.63) is 41.3 Å². The van der Waals surface area contributed by atoms with Crippen molar-refractivity contribution in [3.63, 3.8) is 0 Å². The lowest BCUT2D eigenvalue weighted by atomic mass is 10.3. The first-order valence-corrected chi connectivity index (χ1v) is 9.20. The standard InChI is InChI=1S/C17H16N2O2S2/c1-11-10-19(8-9-21-11)17(20)15-7-6-14(22-15)16-18-12-4-2-3-5-13(12)23-16/h2-7,11H,8-10H2,1H3. The first-order chi connectivity index (χ1) is 11.2. The van der Waals surface area contributed by atoms with Gasteiger partial charge >= 0.3 is 0 Å². The largest absolute Gasteiger partial charge is 0.375 e. The van der Waals surface area contributed by atoms with E-state index >= 15 is 0 Å². The van der Waals surface area contributed by atoms with Crippen LogP contribution in [0.1, 0.15) is 16.6 Å². The number of rotatable bonds is 2. The maximum atomic E-state index is 12.6. The fourth-order valence-corrected chi connectivity index (χ4v) is 4.70. The molecule has 2 aromatic heterocycles. The highest BCUT2D eigenvalue weighted by molar-refractivity contribution is 7.26. The molecule has 0 saturated carbocycles. The van der Waals surface area contributed by atoms with Gasteiger partial charge in [0.1, 0.15) is 5.01 Å². The highest BCUT2D eigenvalue weighted by Gasteiger charge is 2.24. The number of nitrogens with zero attached hydrogens (tertiary/aromatic N) is 2. The van der Waals surface area contributed by atoms with Gasteiger partial charge in [-0.05, 0) is 31.2 Å². The Kier molecular flexibility index (Phi) is 3.88. The predicted molar refractivity (Wildman–Crippen MR) is 94.3 cm³/mol. The molecule has 3 aromatic rings. The molecular formula is C17H16N2O2S2. The molecule has 1 amide bonds. The first-order valence-electron chi connectivity index (χ1n) is 7.57. The van der Waals surface area contributed by atoms with Gasteiger partial charge in [0, 0.05) is 13.1 Å². The molecule has 1 aliphatic rings. The van der Waals surface area contributed by atoms with Crippen molar-refractivity contribution in [3.8, 4) is 9.88 Å². The molecule has 4 nitrogen and oxygen atoms in total. The van der Waals surface area contributed by atoms with E-state index in [0.29, 0.717) is 19.7 Å². The van der Waals surface area contributed by atoms with Gasteiger partial charge in [-0.2, -0.15) is 0 Å². The van der Waals surface area contributed by atoms with Gasteiger partial charge in [-0.15, -0.1) is 22.7 Å². The molecule has 1 fully saturated rings. The van der Waals surface area contributed by atoms with Gasteiger partial charge in [0.05, 0.1) is 32.7 Å². The summed E-state index contributed by atoms with van der Waals surface area (Å²) in [5.41, 5.74) is 1.01. The van der Waals surface area contributed by atoms with Crippen molar-refractivity contribution in [2.24, 2.45) is 0 Å². The normalized spacial score (nSPS) is 18.5. The summed E-state index contributed by atoms with van der Waals surface area (Å²) in [4.78, 5) is 21.0. The molecule has 3 heterocycles. The van der Waals surface area contributed by atoms with Crippen molar-refractivity contribution in [1.29, 1.82) is 0 Å². The van der Waals surface area contributed by atoms with E-state index in [4.69, 9.17) is 4.74 Å². The number of carbonyl (C=O) groups excluding carboxylic acids is 1. The molecule has 6 heteroatoms. The zero-order valence-corrected chi connectivity index (χ0v) is 14.3. The number of ether oxygens (including phenoxy) is 1. The maximum Gasteiger partial charge on any atom is 0.264 e. The van der Waals surface area contributed by atoms with Crippen molar-refractivity contribution in [2.45, 2.75) is 13.0 Å². The number of thiazole rings is 1. The van der Waals surface area contributed by atoms with Crippen molar-refractivity contribution in [2.75, 3.05) is 19.7 Å². The third-order valence-electron chi connectivity index (χ3n) is 3.85. The lowest BCUT2D eigenvalue weighted by molar-refractivity contribution is -0.0122. The van der Waals surface area contributed by atoms with E-state index in [0.717, 1.165) is 20.3 Å². The number of fused-ring (bicyclic) bond motifs is 1. The summed E-state index contributed by atoms with van der Waals surface area (Å²) in [6, 6.07) is 12.0. The minimum Gasteiger partial charge on any atom is -0.375 e. The van der Waals surface area contributed by atoms with Crippen molar-refractivity contribution < 1.29 is 9.53 Å². The number of aromatic nitrogens is 1. The third-order valence-corrected chi connectivity index (χ3v) is 6.13. The second-order valence-electron chi connectivity index (χ2n) is 5.58. The molecule has 0 bridgehead atoms.